The molecule has 51 heavy (non-hydrogen) atoms. The Labute approximate surface area is 318 Å². The van der Waals surface area contributed by atoms with Crippen LogP contribution in [0.25, 0.3) is 0 Å². The van der Waals surface area contributed by atoms with Crippen molar-refractivity contribution in [2.45, 2.75) is 219 Å². The first-order valence-electron chi connectivity index (χ1n) is 22.2. The van der Waals surface area contributed by atoms with E-state index in [-0.39, 0.29) is 18.2 Å². The molecule has 0 saturated carbocycles. The van der Waals surface area contributed by atoms with Crippen LogP contribution in [0.2, 0.25) is 0 Å². The fourth-order valence-corrected chi connectivity index (χ4v) is 6.26. The number of unbranched alkanes of at least 4 members (excludes halogenated alkanes) is 24. The number of hydrogen-bond donors (Lipinski definition) is 2. The number of amides is 1. The Morgan fingerprint density at radius 1 is 0.529 bits per heavy atom. The second-order valence-corrected chi connectivity index (χ2v) is 14.8. The van der Waals surface area contributed by atoms with E-state index in [0.29, 0.717) is 26.4 Å². The van der Waals surface area contributed by atoms with Crippen molar-refractivity contribution in [1.82, 2.24) is 10.6 Å². The highest BCUT2D eigenvalue weighted by atomic mass is 16.6. The highest BCUT2D eigenvalue weighted by Gasteiger charge is 2.13. The monoisotopic (exact) mass is 721 g/mol. The number of carbonyl (C=O) groups is 1. The van der Waals surface area contributed by atoms with E-state index < -0.39 is 0 Å². The van der Waals surface area contributed by atoms with E-state index in [1.54, 1.807) is 0 Å². The van der Waals surface area contributed by atoms with Gasteiger partial charge in [0.25, 0.3) is 0 Å². The van der Waals surface area contributed by atoms with Crippen LogP contribution in [0.5, 0.6) is 0 Å². The number of carbonyl (C=O) groups excluding carboxylic acids is 1. The largest absolute Gasteiger partial charge is 0.448 e. The molecule has 2 unspecified atom stereocenters. The van der Waals surface area contributed by atoms with E-state index >= 15 is 0 Å². The van der Waals surface area contributed by atoms with Gasteiger partial charge in [0.1, 0.15) is 6.61 Å². The van der Waals surface area contributed by atoms with Gasteiger partial charge in [-0.3, -0.25) is 0 Å². The molecule has 0 spiro atoms. The van der Waals surface area contributed by atoms with Gasteiger partial charge in [-0.05, 0) is 77.7 Å². The summed E-state index contributed by atoms with van der Waals surface area (Å²) >= 11 is 0. The van der Waals surface area contributed by atoms with Crippen LogP contribution in [0.3, 0.4) is 0 Å². The molecule has 0 radical (unpaired) electrons. The van der Waals surface area contributed by atoms with Crippen LogP contribution in [0, 0.1) is 0 Å². The predicted octanol–water partition coefficient (Wildman–Crippen LogP) is 13.2. The van der Waals surface area contributed by atoms with Gasteiger partial charge in [-0.25, -0.2) is 4.79 Å². The number of nitrogens with one attached hydrogen (secondary N) is 2. The first-order chi connectivity index (χ1) is 25.2. The van der Waals surface area contributed by atoms with Crippen molar-refractivity contribution in [3.05, 3.63) is 24.3 Å². The maximum Gasteiger partial charge on any atom is 0.407 e. The van der Waals surface area contributed by atoms with E-state index in [4.69, 9.17) is 14.2 Å². The fraction of sp³-hybridized carbons (Fsp3) is 0.889. The van der Waals surface area contributed by atoms with Gasteiger partial charge in [-0.1, -0.05) is 161 Å². The zero-order chi connectivity index (χ0) is 37.1. The molecule has 6 nitrogen and oxygen atoms in total. The van der Waals surface area contributed by atoms with Crippen LogP contribution in [-0.2, 0) is 14.2 Å². The minimum absolute atomic E-state index is 0.152. The smallest absolute Gasteiger partial charge is 0.407 e. The van der Waals surface area contributed by atoms with E-state index in [9.17, 15) is 4.79 Å². The average molecular weight is 721 g/mol. The summed E-state index contributed by atoms with van der Waals surface area (Å²) in [7, 11) is 1.89. The third-order valence-corrected chi connectivity index (χ3v) is 9.90. The lowest BCUT2D eigenvalue weighted by atomic mass is 10.1. The maximum absolute atomic E-state index is 12.3. The second-order valence-electron chi connectivity index (χ2n) is 14.8. The van der Waals surface area contributed by atoms with Gasteiger partial charge < -0.3 is 24.8 Å². The standard InChI is InChI=1S/C45H88N2O4/c1-5-8-10-12-14-16-18-20-22-24-26-28-30-32-34-36-38-49-42-44(40-47-45(48)51-41-43(7-3)46-4)50-39-37-35-33-31-29-27-25-23-21-19-17-15-13-11-9-6-2/h20-23,43-44,46H,5-19,24-42H2,1-4H3,(H,47,48)/b22-20-,23-21-. The van der Waals surface area contributed by atoms with Crippen molar-refractivity contribution in [3.63, 3.8) is 0 Å². The second kappa shape index (κ2) is 43.0. The highest BCUT2D eigenvalue weighted by Crippen LogP contribution is 2.12. The molecule has 302 valence electrons. The Balaban J connectivity index is 4.01. The van der Waals surface area contributed by atoms with Crippen molar-refractivity contribution < 1.29 is 19.0 Å². The summed E-state index contributed by atoms with van der Waals surface area (Å²) in [4.78, 5) is 12.3. The summed E-state index contributed by atoms with van der Waals surface area (Å²) in [6, 6.07) is 0.175. The summed E-state index contributed by atoms with van der Waals surface area (Å²) < 4.78 is 17.6. The minimum Gasteiger partial charge on any atom is -0.448 e. The SMILES string of the molecule is CCCCCCCC/C=C\CCCCCCCCOCC(CNC(=O)OCC(CC)NC)OCCCCCCCC/C=C\CCCCCCCC. The van der Waals surface area contributed by atoms with Gasteiger partial charge >= 0.3 is 6.09 Å². The van der Waals surface area contributed by atoms with Gasteiger partial charge in [0, 0.05) is 25.8 Å². The zero-order valence-electron chi connectivity index (χ0n) is 34.6. The molecule has 6 heteroatoms. The third kappa shape index (κ3) is 39.7. The number of rotatable bonds is 41. The van der Waals surface area contributed by atoms with Gasteiger partial charge in [0.2, 0.25) is 0 Å². The number of hydrogen-bond acceptors (Lipinski definition) is 5. The van der Waals surface area contributed by atoms with Crippen LogP contribution < -0.4 is 10.6 Å². The van der Waals surface area contributed by atoms with Crippen molar-refractivity contribution in [1.29, 1.82) is 0 Å². The molecule has 0 aliphatic heterocycles. The summed E-state index contributed by atoms with van der Waals surface area (Å²) in [5, 5.41) is 6.06. The molecule has 0 aromatic carbocycles. The van der Waals surface area contributed by atoms with Gasteiger partial charge in [-0.2, -0.15) is 0 Å². The molecule has 0 heterocycles. The van der Waals surface area contributed by atoms with E-state index in [2.05, 4.69) is 55.7 Å². The summed E-state index contributed by atoms with van der Waals surface area (Å²) in [5.74, 6) is 0. The molecule has 2 atom stereocenters. The third-order valence-electron chi connectivity index (χ3n) is 9.90. The number of allylic oxidation sites excluding steroid dienone is 4. The predicted molar refractivity (Wildman–Crippen MR) is 222 cm³/mol. The van der Waals surface area contributed by atoms with Crippen LogP contribution in [-0.4, -0.2) is 58.3 Å². The quantitative estimate of drug-likeness (QED) is 0.0486. The summed E-state index contributed by atoms with van der Waals surface area (Å²) in [6.45, 7) is 9.38. The Bertz CT molecular complexity index is 740. The molecule has 1 amide bonds. The van der Waals surface area contributed by atoms with Gasteiger partial charge in [-0.15, -0.1) is 0 Å². The zero-order valence-corrected chi connectivity index (χ0v) is 34.6. The van der Waals surface area contributed by atoms with Crippen LogP contribution in [0.4, 0.5) is 4.79 Å². The van der Waals surface area contributed by atoms with E-state index in [1.807, 2.05) is 7.05 Å². The maximum atomic E-state index is 12.3. The molecular weight excluding hydrogens is 633 g/mol. The fourth-order valence-electron chi connectivity index (χ4n) is 6.26. The van der Waals surface area contributed by atoms with E-state index in [0.717, 1.165) is 25.9 Å². The molecular formula is C45H88N2O4. The molecule has 0 aromatic heterocycles. The van der Waals surface area contributed by atoms with E-state index in [1.165, 1.54) is 167 Å². The normalized spacial score (nSPS) is 13.0. The molecule has 0 aliphatic carbocycles. The summed E-state index contributed by atoms with van der Waals surface area (Å²) in [6.07, 6.45) is 46.4. The lowest BCUT2D eigenvalue weighted by Crippen LogP contribution is -2.39. The molecule has 2 N–H and O–H groups in total. The average Bonchev–Trinajstić information content (AvgIpc) is 3.14. The van der Waals surface area contributed by atoms with Crippen molar-refractivity contribution in [3.8, 4) is 0 Å². The molecule has 0 aliphatic rings. The van der Waals surface area contributed by atoms with Crippen molar-refractivity contribution in [2.24, 2.45) is 0 Å². The molecule has 0 fully saturated rings. The summed E-state index contributed by atoms with van der Waals surface area (Å²) in [5.41, 5.74) is 0. The molecule has 0 aromatic rings. The first-order valence-corrected chi connectivity index (χ1v) is 22.2. The van der Waals surface area contributed by atoms with Crippen molar-refractivity contribution >= 4 is 6.09 Å². The van der Waals surface area contributed by atoms with Crippen LogP contribution >= 0.6 is 0 Å². The van der Waals surface area contributed by atoms with Crippen molar-refractivity contribution in [2.75, 3.05) is 40.0 Å². The highest BCUT2D eigenvalue weighted by molar-refractivity contribution is 5.67. The van der Waals surface area contributed by atoms with Crippen LogP contribution in [0.15, 0.2) is 24.3 Å². The Hall–Kier alpha value is -1.37. The minimum atomic E-state index is -0.386. The molecule has 0 bridgehead atoms. The van der Waals surface area contributed by atoms with Crippen LogP contribution in [0.1, 0.15) is 207 Å². The number of alkyl carbamates (subject to hydrolysis) is 1. The van der Waals surface area contributed by atoms with Gasteiger partial charge in [0.15, 0.2) is 0 Å². The Morgan fingerprint density at radius 3 is 1.37 bits per heavy atom. The Kier molecular flexibility index (Phi) is 41.9. The number of ether oxygens (including phenoxy) is 3. The molecule has 0 rings (SSSR count). The molecule has 0 saturated heterocycles. The lowest BCUT2D eigenvalue weighted by Gasteiger charge is -2.19. The first kappa shape index (κ1) is 49.6. The Morgan fingerprint density at radius 2 is 0.941 bits per heavy atom. The lowest BCUT2D eigenvalue weighted by molar-refractivity contribution is -0.0176. The topological polar surface area (TPSA) is 68.8 Å². The van der Waals surface area contributed by atoms with Gasteiger partial charge in [0.05, 0.1) is 12.7 Å². The number of likely N-dealkylation sites (N-methyl/N-ethyl adjacent to an activating group) is 1.